The van der Waals surface area contributed by atoms with Gasteiger partial charge in [-0.25, -0.2) is 10.2 Å². The molecule has 0 radical (unpaired) electrons. The fourth-order valence-electron chi connectivity index (χ4n) is 2.52. The van der Waals surface area contributed by atoms with Crippen LogP contribution in [0.5, 0.6) is 17.2 Å². The number of amides is 1. The van der Waals surface area contributed by atoms with Gasteiger partial charge in [-0.05, 0) is 64.0 Å². The Morgan fingerprint density at radius 2 is 1.84 bits per heavy atom. The lowest BCUT2D eigenvalue weighted by molar-refractivity contribution is 0.0729. The van der Waals surface area contributed by atoms with Crippen molar-refractivity contribution >= 4 is 34.0 Å². The van der Waals surface area contributed by atoms with Crippen LogP contribution in [0, 0.1) is 0 Å². The van der Waals surface area contributed by atoms with Crippen molar-refractivity contribution in [2.75, 3.05) is 14.2 Å². The van der Waals surface area contributed by atoms with E-state index in [1.54, 1.807) is 54.7 Å². The summed E-state index contributed by atoms with van der Waals surface area (Å²) in [5, 5.41) is 3.94. The second-order valence-corrected chi connectivity index (χ2v) is 7.04. The zero-order valence-electron chi connectivity index (χ0n) is 16.7. The Hall–Kier alpha value is -3.72. The van der Waals surface area contributed by atoms with Gasteiger partial charge in [0.25, 0.3) is 5.91 Å². The number of halogens is 1. The zero-order chi connectivity index (χ0) is 22.2. The number of benzene rings is 2. The van der Waals surface area contributed by atoms with Gasteiger partial charge in [0, 0.05) is 16.9 Å². The monoisotopic (exact) mass is 483 g/mol. The first-order valence-corrected chi connectivity index (χ1v) is 9.77. The summed E-state index contributed by atoms with van der Waals surface area (Å²) in [6.45, 7) is 0. The Morgan fingerprint density at radius 1 is 1.00 bits per heavy atom. The molecule has 1 aromatic heterocycles. The summed E-state index contributed by atoms with van der Waals surface area (Å²) < 4.78 is 16.6. The Labute approximate surface area is 187 Å². The van der Waals surface area contributed by atoms with Crippen molar-refractivity contribution in [3.8, 4) is 17.2 Å². The van der Waals surface area contributed by atoms with E-state index in [2.05, 4.69) is 31.4 Å². The summed E-state index contributed by atoms with van der Waals surface area (Å²) in [4.78, 5) is 28.4. The second-order valence-electron chi connectivity index (χ2n) is 6.12. The molecule has 9 heteroatoms. The number of hydrogen-bond donors (Lipinski definition) is 1. The number of rotatable bonds is 7. The van der Waals surface area contributed by atoms with E-state index in [1.807, 2.05) is 0 Å². The molecule has 1 heterocycles. The molecule has 0 spiro atoms. The summed E-state index contributed by atoms with van der Waals surface area (Å²) in [5.41, 5.74) is 3.76. The molecule has 3 rings (SSSR count). The van der Waals surface area contributed by atoms with Gasteiger partial charge in [0.1, 0.15) is 5.75 Å². The Kier molecular flexibility index (Phi) is 7.34. The van der Waals surface area contributed by atoms with Crippen molar-refractivity contribution in [3.05, 3.63) is 82.1 Å². The van der Waals surface area contributed by atoms with Gasteiger partial charge in [-0.3, -0.25) is 9.78 Å². The topological polar surface area (TPSA) is 99.1 Å². The van der Waals surface area contributed by atoms with Crippen molar-refractivity contribution in [3.63, 3.8) is 0 Å². The fourth-order valence-corrected chi connectivity index (χ4v) is 2.89. The molecular formula is C22H18BrN3O5. The first kappa shape index (κ1) is 22.0. The van der Waals surface area contributed by atoms with E-state index in [-0.39, 0.29) is 5.75 Å². The van der Waals surface area contributed by atoms with Crippen LogP contribution in [0.15, 0.2) is 70.5 Å². The molecule has 1 N–H and O–H groups in total. The van der Waals surface area contributed by atoms with Crippen LogP contribution in [-0.2, 0) is 0 Å². The summed E-state index contributed by atoms with van der Waals surface area (Å²) in [6.07, 6.45) is 4.46. The molecule has 3 aromatic rings. The van der Waals surface area contributed by atoms with Gasteiger partial charge >= 0.3 is 5.97 Å². The molecule has 31 heavy (non-hydrogen) atoms. The van der Waals surface area contributed by atoms with Crippen LogP contribution in [0.3, 0.4) is 0 Å². The van der Waals surface area contributed by atoms with Crippen LogP contribution in [0.2, 0.25) is 0 Å². The van der Waals surface area contributed by atoms with Gasteiger partial charge in [0.2, 0.25) is 0 Å². The van der Waals surface area contributed by atoms with Crippen LogP contribution in [-0.4, -0.2) is 37.3 Å². The number of nitrogens with one attached hydrogen (secondary N) is 1. The smallest absolute Gasteiger partial charge is 0.343 e. The third kappa shape index (κ3) is 5.89. The first-order valence-electron chi connectivity index (χ1n) is 8.98. The highest BCUT2D eigenvalue weighted by Crippen LogP contribution is 2.28. The van der Waals surface area contributed by atoms with Crippen LogP contribution in [0.25, 0.3) is 0 Å². The maximum Gasteiger partial charge on any atom is 0.343 e. The number of hydrazone groups is 1. The molecule has 2 aromatic carbocycles. The molecule has 8 nitrogen and oxygen atoms in total. The molecule has 0 aliphatic carbocycles. The average Bonchev–Trinajstić information content (AvgIpc) is 2.79. The lowest BCUT2D eigenvalue weighted by atomic mass is 10.2. The van der Waals surface area contributed by atoms with E-state index in [9.17, 15) is 9.59 Å². The Bertz CT molecular complexity index is 1130. The standard InChI is InChI=1S/C22H18BrN3O5/c1-29-18-5-3-4-15(10-18)22(28)31-19-7-6-14(8-20(19)30-2)11-25-26-21(27)16-9-17(23)13-24-12-16/h3-13H,1-2H3,(H,26,27)/b25-11+. The fraction of sp³-hybridized carbons (Fsp3) is 0.0909. The van der Waals surface area contributed by atoms with Gasteiger partial charge in [-0.15, -0.1) is 0 Å². The summed E-state index contributed by atoms with van der Waals surface area (Å²) in [7, 11) is 2.98. The molecule has 0 bridgehead atoms. The largest absolute Gasteiger partial charge is 0.497 e. The van der Waals surface area contributed by atoms with Gasteiger partial charge in [-0.1, -0.05) is 6.07 Å². The Morgan fingerprint density at radius 3 is 2.58 bits per heavy atom. The number of aromatic nitrogens is 1. The van der Waals surface area contributed by atoms with Gasteiger partial charge in [-0.2, -0.15) is 5.10 Å². The molecule has 0 unspecified atom stereocenters. The molecule has 0 aliphatic rings. The van der Waals surface area contributed by atoms with E-state index in [1.165, 1.54) is 26.6 Å². The van der Waals surface area contributed by atoms with Crippen molar-refractivity contribution in [1.82, 2.24) is 10.4 Å². The van der Waals surface area contributed by atoms with Gasteiger partial charge in [0.15, 0.2) is 11.5 Å². The molecule has 0 saturated carbocycles. The van der Waals surface area contributed by atoms with Crippen LogP contribution in [0.4, 0.5) is 0 Å². The number of carbonyl (C=O) groups is 2. The normalized spacial score (nSPS) is 10.5. The molecule has 0 fully saturated rings. The molecule has 1 amide bonds. The van der Waals surface area contributed by atoms with Crippen LogP contribution < -0.4 is 19.6 Å². The molecule has 158 valence electrons. The van der Waals surface area contributed by atoms with E-state index < -0.39 is 11.9 Å². The highest BCUT2D eigenvalue weighted by Gasteiger charge is 2.13. The number of methoxy groups -OCH3 is 2. The van der Waals surface area contributed by atoms with Crippen molar-refractivity contribution in [2.24, 2.45) is 5.10 Å². The Balaban J connectivity index is 1.68. The zero-order valence-corrected chi connectivity index (χ0v) is 18.3. The lowest BCUT2D eigenvalue weighted by Gasteiger charge is -2.10. The average molecular weight is 484 g/mol. The van der Waals surface area contributed by atoms with Crippen molar-refractivity contribution < 1.29 is 23.8 Å². The first-order chi connectivity index (χ1) is 15.0. The maximum atomic E-state index is 12.4. The van der Waals surface area contributed by atoms with E-state index in [0.717, 1.165) is 0 Å². The minimum Gasteiger partial charge on any atom is -0.497 e. The molecule has 0 atom stereocenters. The molecular weight excluding hydrogens is 466 g/mol. The van der Waals surface area contributed by atoms with Crippen LogP contribution in [0.1, 0.15) is 26.3 Å². The predicted octanol–water partition coefficient (Wildman–Crippen LogP) is 3.84. The quantitative estimate of drug-likeness (QED) is 0.237. The summed E-state index contributed by atoms with van der Waals surface area (Å²) >= 11 is 3.26. The number of nitrogens with zero attached hydrogens (tertiary/aromatic N) is 2. The van der Waals surface area contributed by atoms with Gasteiger partial charge < -0.3 is 14.2 Å². The van der Waals surface area contributed by atoms with E-state index >= 15 is 0 Å². The van der Waals surface area contributed by atoms with Crippen molar-refractivity contribution in [1.29, 1.82) is 0 Å². The highest BCUT2D eigenvalue weighted by atomic mass is 79.9. The third-order valence-corrected chi connectivity index (χ3v) is 4.48. The number of carbonyl (C=O) groups excluding carboxylic acids is 2. The number of ether oxygens (including phenoxy) is 3. The summed E-state index contributed by atoms with van der Waals surface area (Å²) in [6, 6.07) is 13.2. The minimum absolute atomic E-state index is 0.247. The minimum atomic E-state index is -0.548. The van der Waals surface area contributed by atoms with Crippen LogP contribution >= 0.6 is 15.9 Å². The van der Waals surface area contributed by atoms with E-state index in [4.69, 9.17) is 14.2 Å². The molecule has 0 aliphatic heterocycles. The number of hydrogen-bond acceptors (Lipinski definition) is 7. The number of esters is 1. The lowest BCUT2D eigenvalue weighted by Crippen LogP contribution is -2.17. The summed E-state index contributed by atoms with van der Waals surface area (Å²) in [5.74, 6) is 0.183. The molecule has 0 saturated heterocycles. The van der Waals surface area contributed by atoms with Crippen molar-refractivity contribution in [2.45, 2.75) is 0 Å². The van der Waals surface area contributed by atoms with Gasteiger partial charge in [0.05, 0.1) is 31.6 Å². The third-order valence-electron chi connectivity index (χ3n) is 4.04. The SMILES string of the molecule is COc1cccc(C(=O)Oc2ccc(/C=N/NC(=O)c3cncc(Br)c3)cc2OC)c1. The highest BCUT2D eigenvalue weighted by molar-refractivity contribution is 9.10. The predicted molar refractivity (Wildman–Crippen MR) is 118 cm³/mol. The second kappa shape index (κ2) is 10.4. The van der Waals surface area contributed by atoms with E-state index in [0.29, 0.717) is 32.7 Å². The number of pyridine rings is 1. The maximum absolute atomic E-state index is 12.4.